The Balaban J connectivity index is 1.71. The quantitative estimate of drug-likeness (QED) is 0.911. The van der Waals surface area contributed by atoms with Gasteiger partial charge in [0.1, 0.15) is 0 Å². The Morgan fingerprint density at radius 3 is 3.10 bits per heavy atom. The Morgan fingerprint density at radius 1 is 1.38 bits per heavy atom. The first-order valence-electron chi connectivity index (χ1n) is 6.59. The van der Waals surface area contributed by atoms with E-state index in [-0.39, 0.29) is 5.54 Å². The lowest BCUT2D eigenvalue weighted by Gasteiger charge is -2.32. The minimum absolute atomic E-state index is 0.225. The minimum Gasteiger partial charge on any atom is -0.302 e. The predicted molar refractivity (Wildman–Crippen MR) is 86.8 cm³/mol. The highest BCUT2D eigenvalue weighted by atomic mass is 35.5. The summed E-state index contributed by atoms with van der Waals surface area (Å²) in [4.78, 5) is 12.2. The van der Waals surface area contributed by atoms with Gasteiger partial charge in [0.05, 0.1) is 11.2 Å². The van der Waals surface area contributed by atoms with Crippen molar-refractivity contribution in [3.8, 4) is 0 Å². The van der Waals surface area contributed by atoms with E-state index in [1.165, 1.54) is 11.3 Å². The van der Waals surface area contributed by atoms with Crippen LogP contribution < -0.4 is 5.32 Å². The van der Waals surface area contributed by atoms with Crippen LogP contribution in [0.1, 0.15) is 10.4 Å². The van der Waals surface area contributed by atoms with Crippen molar-refractivity contribution in [1.82, 2.24) is 15.2 Å². The Bertz CT molecular complexity index is 730. The van der Waals surface area contributed by atoms with Gasteiger partial charge in [0.2, 0.25) is 0 Å². The van der Waals surface area contributed by atoms with Crippen LogP contribution in [0.5, 0.6) is 0 Å². The molecule has 0 radical (unpaired) electrons. The van der Waals surface area contributed by atoms with Gasteiger partial charge in [0.25, 0.3) is 0 Å². The third kappa shape index (κ3) is 2.20. The van der Waals surface area contributed by atoms with E-state index < -0.39 is 0 Å². The number of aliphatic imine (C=N–C) groups is 1. The summed E-state index contributed by atoms with van der Waals surface area (Å²) in [7, 11) is 0. The van der Waals surface area contributed by atoms with Crippen LogP contribution in [0.15, 0.2) is 29.4 Å². The molecule has 0 bridgehead atoms. The molecule has 0 unspecified atom stereocenters. The summed E-state index contributed by atoms with van der Waals surface area (Å²) in [5, 5.41) is 4.18. The first-order valence-corrected chi connectivity index (χ1v) is 8.16. The van der Waals surface area contributed by atoms with E-state index >= 15 is 0 Å². The molecule has 1 N–H and O–H groups in total. The van der Waals surface area contributed by atoms with Gasteiger partial charge >= 0.3 is 0 Å². The highest BCUT2D eigenvalue weighted by Crippen LogP contribution is 2.42. The summed E-state index contributed by atoms with van der Waals surface area (Å²) < 4.78 is 0.578. The molecule has 7 heteroatoms. The van der Waals surface area contributed by atoms with Crippen molar-refractivity contribution in [2.24, 2.45) is 4.99 Å². The van der Waals surface area contributed by atoms with E-state index in [1.54, 1.807) is 0 Å². The number of hydrogen-bond acceptors (Lipinski definition) is 5. The molecule has 0 aliphatic carbocycles. The molecule has 0 saturated carbocycles. The maximum Gasteiger partial charge on any atom is 0.183 e. The number of hydrogen-bond donors (Lipinski definition) is 1. The SMILES string of the molecule is Clc1ccc2c(c1)[C@]1(C=N2)CNCN1Cc1cnc(Cl)s1. The molecule has 108 valence electrons. The molecule has 0 amide bonds. The van der Waals surface area contributed by atoms with Gasteiger partial charge in [-0.3, -0.25) is 9.89 Å². The number of halogens is 2. The molecular weight excluding hydrogens is 327 g/mol. The molecule has 1 saturated heterocycles. The lowest BCUT2D eigenvalue weighted by molar-refractivity contribution is 0.212. The molecule has 3 heterocycles. The van der Waals surface area contributed by atoms with Gasteiger partial charge in [-0.15, -0.1) is 11.3 Å². The lowest BCUT2D eigenvalue weighted by Crippen LogP contribution is -2.42. The van der Waals surface area contributed by atoms with Crippen LogP contribution in [-0.2, 0) is 12.1 Å². The monoisotopic (exact) mass is 338 g/mol. The molecule has 1 spiro atoms. The summed E-state index contributed by atoms with van der Waals surface area (Å²) in [6.07, 6.45) is 3.86. The highest BCUT2D eigenvalue weighted by Gasteiger charge is 2.45. The Hall–Kier alpha value is -0.980. The van der Waals surface area contributed by atoms with E-state index in [9.17, 15) is 0 Å². The smallest absolute Gasteiger partial charge is 0.183 e. The number of rotatable bonds is 2. The summed E-state index contributed by atoms with van der Waals surface area (Å²) in [6, 6.07) is 5.87. The lowest BCUT2D eigenvalue weighted by atomic mass is 9.91. The van der Waals surface area contributed by atoms with Gasteiger partial charge in [0.15, 0.2) is 4.47 Å². The third-order valence-electron chi connectivity index (χ3n) is 3.98. The number of fused-ring (bicyclic) bond motifs is 2. The second-order valence-corrected chi connectivity index (χ2v) is 7.34. The van der Waals surface area contributed by atoms with Crippen molar-refractivity contribution in [3.05, 3.63) is 44.3 Å². The molecule has 4 nitrogen and oxygen atoms in total. The van der Waals surface area contributed by atoms with E-state index in [0.717, 1.165) is 40.9 Å². The largest absolute Gasteiger partial charge is 0.302 e. The zero-order chi connectivity index (χ0) is 14.4. The molecule has 1 aromatic heterocycles. The van der Waals surface area contributed by atoms with Crippen LogP contribution in [0.2, 0.25) is 9.49 Å². The van der Waals surface area contributed by atoms with Gasteiger partial charge in [-0.1, -0.05) is 23.2 Å². The Morgan fingerprint density at radius 2 is 2.29 bits per heavy atom. The Kier molecular flexibility index (Phi) is 3.28. The second-order valence-electron chi connectivity index (χ2n) is 5.21. The second kappa shape index (κ2) is 5.04. The summed E-state index contributed by atoms with van der Waals surface area (Å²) in [5.74, 6) is 0. The normalized spacial score (nSPS) is 24.1. The fraction of sp³-hybridized carbons (Fsp3) is 0.286. The summed E-state index contributed by atoms with van der Waals surface area (Å²) in [6.45, 7) is 2.42. The predicted octanol–water partition coefficient (Wildman–Crippen LogP) is 3.42. The zero-order valence-electron chi connectivity index (χ0n) is 11.0. The molecule has 2 aliphatic heterocycles. The maximum atomic E-state index is 6.18. The number of benzene rings is 1. The number of nitrogens with one attached hydrogen (secondary N) is 1. The van der Waals surface area contributed by atoms with Crippen molar-refractivity contribution in [1.29, 1.82) is 0 Å². The van der Waals surface area contributed by atoms with Crippen LogP contribution in [0.4, 0.5) is 5.69 Å². The molecule has 21 heavy (non-hydrogen) atoms. The zero-order valence-corrected chi connectivity index (χ0v) is 13.3. The average Bonchev–Trinajstić information content (AvgIpc) is 3.14. The number of aromatic nitrogens is 1. The Labute approximate surface area is 136 Å². The van der Waals surface area contributed by atoms with Crippen LogP contribution in [0.25, 0.3) is 0 Å². The number of nitrogens with zero attached hydrogens (tertiary/aromatic N) is 3. The van der Waals surface area contributed by atoms with Crippen molar-refractivity contribution in [3.63, 3.8) is 0 Å². The van der Waals surface area contributed by atoms with Crippen LogP contribution in [0, 0.1) is 0 Å². The van der Waals surface area contributed by atoms with Gasteiger partial charge in [-0.05, 0) is 18.2 Å². The van der Waals surface area contributed by atoms with E-state index in [0.29, 0.717) is 4.47 Å². The standard InChI is InChI=1S/C14H12Cl2N4S/c15-9-1-2-12-11(3-9)14(7-19-12)6-17-8-20(14)5-10-4-18-13(16)21-10/h1-4,7,17H,5-6,8H2/t14-/m1/s1. The van der Waals surface area contributed by atoms with Crippen molar-refractivity contribution < 1.29 is 0 Å². The molecule has 1 fully saturated rings. The average molecular weight is 339 g/mol. The molecule has 2 aliphatic rings. The molecule has 2 aromatic rings. The minimum atomic E-state index is -0.225. The van der Waals surface area contributed by atoms with Gasteiger partial charge in [0, 0.05) is 47.6 Å². The summed E-state index contributed by atoms with van der Waals surface area (Å²) in [5.41, 5.74) is 1.93. The van der Waals surface area contributed by atoms with Gasteiger partial charge in [-0.25, -0.2) is 4.98 Å². The van der Waals surface area contributed by atoms with Crippen molar-refractivity contribution >= 4 is 46.4 Å². The molecule has 4 rings (SSSR count). The fourth-order valence-electron chi connectivity index (χ4n) is 2.98. The molecular formula is C14H12Cl2N4S. The van der Waals surface area contributed by atoms with Crippen molar-refractivity contribution in [2.45, 2.75) is 12.1 Å². The topological polar surface area (TPSA) is 40.5 Å². The first kappa shape index (κ1) is 13.7. The highest BCUT2D eigenvalue weighted by molar-refractivity contribution is 7.15. The van der Waals surface area contributed by atoms with E-state index in [1.807, 2.05) is 30.6 Å². The van der Waals surface area contributed by atoms with Crippen LogP contribution in [0.3, 0.4) is 0 Å². The molecule has 1 atom stereocenters. The van der Waals surface area contributed by atoms with Gasteiger partial charge < -0.3 is 5.32 Å². The van der Waals surface area contributed by atoms with Gasteiger partial charge in [-0.2, -0.15) is 0 Å². The van der Waals surface area contributed by atoms with E-state index in [4.69, 9.17) is 23.2 Å². The summed E-state index contributed by atoms with van der Waals surface area (Å²) >= 11 is 13.6. The number of thiazole rings is 1. The third-order valence-corrected chi connectivity index (χ3v) is 5.31. The van der Waals surface area contributed by atoms with E-state index in [2.05, 4.69) is 20.2 Å². The fourth-order valence-corrected chi connectivity index (χ4v) is 4.15. The first-order chi connectivity index (χ1) is 10.2. The maximum absolute atomic E-state index is 6.18. The van der Waals surface area contributed by atoms with Crippen molar-refractivity contribution in [2.75, 3.05) is 13.2 Å². The molecule has 1 aromatic carbocycles. The van der Waals surface area contributed by atoms with Crippen LogP contribution >= 0.6 is 34.5 Å². The van der Waals surface area contributed by atoms with Crippen LogP contribution in [-0.4, -0.2) is 29.3 Å².